The molecule has 0 saturated heterocycles. The second-order valence-corrected chi connectivity index (χ2v) is 7.03. The fourth-order valence-corrected chi connectivity index (χ4v) is 3.08. The van der Waals surface area contributed by atoms with Crippen molar-refractivity contribution in [2.24, 2.45) is 0 Å². The first kappa shape index (κ1) is 12.5. The van der Waals surface area contributed by atoms with Gasteiger partial charge in [0.15, 0.2) is 0 Å². The van der Waals surface area contributed by atoms with Crippen LogP contribution in [0.25, 0.3) is 22.2 Å². The van der Waals surface area contributed by atoms with Crippen LogP contribution in [-0.2, 0) is 5.41 Å². The third-order valence-electron chi connectivity index (χ3n) is 2.56. The van der Waals surface area contributed by atoms with Gasteiger partial charge in [0.05, 0.1) is 11.2 Å². The predicted molar refractivity (Wildman–Crippen MR) is 77.4 cm³/mol. The zero-order valence-corrected chi connectivity index (χ0v) is 12.5. The van der Waals surface area contributed by atoms with E-state index in [0.29, 0.717) is 11.7 Å². The van der Waals surface area contributed by atoms with Gasteiger partial charge >= 0.3 is 0 Å². The molecule has 0 bridgehead atoms. The number of aromatic nitrogens is 3. The van der Waals surface area contributed by atoms with Gasteiger partial charge in [-0.05, 0) is 11.4 Å². The van der Waals surface area contributed by atoms with Crippen LogP contribution in [0.3, 0.4) is 0 Å². The van der Waals surface area contributed by atoms with Crippen molar-refractivity contribution in [1.29, 1.82) is 0 Å². The minimum Gasteiger partial charge on any atom is -0.333 e. The second kappa shape index (κ2) is 4.54. The van der Waals surface area contributed by atoms with Gasteiger partial charge in [-0.1, -0.05) is 25.9 Å². The molecule has 0 N–H and O–H groups in total. The Labute approximate surface area is 119 Å². The van der Waals surface area contributed by atoms with Crippen molar-refractivity contribution in [2.45, 2.75) is 26.2 Å². The SMILES string of the molecule is CC(C)(C)c1ncc(-c2nc(-c3ccsc3)no2)s1. The van der Waals surface area contributed by atoms with E-state index < -0.39 is 0 Å². The van der Waals surface area contributed by atoms with Gasteiger partial charge in [0, 0.05) is 16.4 Å². The van der Waals surface area contributed by atoms with Crippen LogP contribution in [0.15, 0.2) is 27.5 Å². The number of rotatable bonds is 2. The molecule has 19 heavy (non-hydrogen) atoms. The highest BCUT2D eigenvalue weighted by Crippen LogP contribution is 2.32. The van der Waals surface area contributed by atoms with E-state index in [1.54, 1.807) is 28.9 Å². The molecule has 0 spiro atoms. The first-order chi connectivity index (χ1) is 9.04. The lowest BCUT2D eigenvalue weighted by molar-refractivity contribution is 0.433. The Morgan fingerprint density at radius 3 is 2.74 bits per heavy atom. The van der Waals surface area contributed by atoms with Crippen molar-refractivity contribution in [3.8, 4) is 22.2 Å². The fraction of sp³-hybridized carbons (Fsp3) is 0.308. The van der Waals surface area contributed by atoms with Gasteiger partial charge in [0.2, 0.25) is 5.82 Å². The lowest BCUT2D eigenvalue weighted by Crippen LogP contribution is -2.09. The van der Waals surface area contributed by atoms with Crippen LogP contribution in [-0.4, -0.2) is 15.1 Å². The third-order valence-corrected chi connectivity index (χ3v) is 4.66. The number of nitrogens with zero attached hydrogens (tertiary/aromatic N) is 3. The zero-order valence-electron chi connectivity index (χ0n) is 10.9. The Bertz CT molecular complexity index is 677. The Hall–Kier alpha value is -1.53. The van der Waals surface area contributed by atoms with Crippen molar-refractivity contribution in [3.63, 3.8) is 0 Å². The molecule has 0 aliphatic heterocycles. The van der Waals surface area contributed by atoms with E-state index in [9.17, 15) is 0 Å². The molecule has 98 valence electrons. The van der Waals surface area contributed by atoms with E-state index in [-0.39, 0.29) is 5.41 Å². The first-order valence-electron chi connectivity index (χ1n) is 5.87. The molecule has 3 aromatic rings. The molecule has 3 aromatic heterocycles. The smallest absolute Gasteiger partial charge is 0.269 e. The number of thiophene rings is 1. The average molecular weight is 291 g/mol. The number of hydrogen-bond donors (Lipinski definition) is 0. The molecule has 6 heteroatoms. The molecule has 0 atom stereocenters. The topological polar surface area (TPSA) is 51.8 Å². The quantitative estimate of drug-likeness (QED) is 0.709. The molecule has 0 unspecified atom stereocenters. The minimum atomic E-state index is 0.0408. The Balaban J connectivity index is 1.93. The normalized spacial score (nSPS) is 11.9. The van der Waals surface area contributed by atoms with Gasteiger partial charge < -0.3 is 4.52 Å². The fourth-order valence-electron chi connectivity index (χ4n) is 1.55. The summed E-state index contributed by atoms with van der Waals surface area (Å²) in [5.74, 6) is 1.16. The summed E-state index contributed by atoms with van der Waals surface area (Å²) in [7, 11) is 0. The standard InChI is InChI=1S/C13H13N3OS2/c1-13(2,3)12-14-6-9(19-12)11-15-10(16-17-11)8-4-5-18-7-8/h4-7H,1-3H3. The maximum Gasteiger partial charge on any atom is 0.269 e. The van der Waals surface area contributed by atoms with Crippen LogP contribution in [0.2, 0.25) is 0 Å². The molecule has 0 radical (unpaired) electrons. The van der Waals surface area contributed by atoms with E-state index in [4.69, 9.17) is 4.52 Å². The van der Waals surface area contributed by atoms with Crippen LogP contribution < -0.4 is 0 Å². The van der Waals surface area contributed by atoms with Crippen molar-refractivity contribution < 1.29 is 4.52 Å². The van der Waals surface area contributed by atoms with E-state index in [2.05, 4.69) is 35.9 Å². The average Bonchev–Trinajstić information content (AvgIpc) is 3.10. The van der Waals surface area contributed by atoms with E-state index in [1.165, 1.54) is 0 Å². The summed E-state index contributed by atoms with van der Waals surface area (Å²) in [6.45, 7) is 6.42. The van der Waals surface area contributed by atoms with Gasteiger partial charge in [-0.15, -0.1) is 11.3 Å². The van der Waals surface area contributed by atoms with Crippen molar-refractivity contribution in [2.75, 3.05) is 0 Å². The van der Waals surface area contributed by atoms with Crippen molar-refractivity contribution >= 4 is 22.7 Å². The summed E-state index contributed by atoms with van der Waals surface area (Å²) in [4.78, 5) is 9.76. The highest BCUT2D eigenvalue weighted by Gasteiger charge is 2.20. The maximum absolute atomic E-state index is 5.31. The van der Waals surface area contributed by atoms with Crippen molar-refractivity contribution in [1.82, 2.24) is 15.1 Å². The highest BCUT2D eigenvalue weighted by atomic mass is 32.1. The van der Waals surface area contributed by atoms with Gasteiger partial charge in [-0.25, -0.2) is 4.98 Å². The summed E-state index contributed by atoms with van der Waals surface area (Å²) in [6, 6.07) is 1.98. The molecular weight excluding hydrogens is 278 g/mol. The molecule has 0 saturated carbocycles. The molecule has 0 amide bonds. The van der Waals surface area contributed by atoms with Crippen LogP contribution in [0.5, 0.6) is 0 Å². The van der Waals surface area contributed by atoms with Crippen LogP contribution in [0.4, 0.5) is 0 Å². The Morgan fingerprint density at radius 2 is 2.11 bits per heavy atom. The highest BCUT2D eigenvalue weighted by molar-refractivity contribution is 7.15. The largest absolute Gasteiger partial charge is 0.333 e. The Morgan fingerprint density at radius 1 is 1.26 bits per heavy atom. The minimum absolute atomic E-state index is 0.0408. The molecule has 0 aliphatic rings. The maximum atomic E-state index is 5.31. The van der Waals surface area contributed by atoms with E-state index in [1.807, 2.05) is 16.8 Å². The molecule has 0 aliphatic carbocycles. The van der Waals surface area contributed by atoms with E-state index >= 15 is 0 Å². The molecule has 4 nitrogen and oxygen atoms in total. The second-order valence-electron chi connectivity index (χ2n) is 5.21. The van der Waals surface area contributed by atoms with Gasteiger partial charge in [-0.3, -0.25) is 0 Å². The molecule has 3 rings (SSSR count). The number of hydrogen-bond acceptors (Lipinski definition) is 6. The first-order valence-corrected chi connectivity index (χ1v) is 7.63. The van der Waals surface area contributed by atoms with Crippen LogP contribution >= 0.6 is 22.7 Å². The number of thiazole rings is 1. The van der Waals surface area contributed by atoms with Gasteiger partial charge in [-0.2, -0.15) is 16.3 Å². The molecule has 0 aromatic carbocycles. The monoisotopic (exact) mass is 291 g/mol. The lowest BCUT2D eigenvalue weighted by atomic mass is 9.98. The molecular formula is C13H13N3OS2. The summed E-state index contributed by atoms with van der Waals surface area (Å²) in [5, 5.41) is 9.07. The summed E-state index contributed by atoms with van der Waals surface area (Å²) < 4.78 is 5.31. The Kier molecular flexibility index (Phi) is 2.99. The molecule has 3 heterocycles. The van der Waals surface area contributed by atoms with Gasteiger partial charge in [0.25, 0.3) is 5.89 Å². The lowest BCUT2D eigenvalue weighted by Gasteiger charge is -2.13. The van der Waals surface area contributed by atoms with Crippen molar-refractivity contribution in [3.05, 3.63) is 28.0 Å². The van der Waals surface area contributed by atoms with Crippen LogP contribution in [0.1, 0.15) is 25.8 Å². The predicted octanol–water partition coefficient (Wildman–Crippen LogP) is 4.22. The summed E-state index contributed by atoms with van der Waals surface area (Å²) in [6.07, 6.45) is 1.80. The van der Waals surface area contributed by atoms with Gasteiger partial charge in [0.1, 0.15) is 4.88 Å². The van der Waals surface area contributed by atoms with Crippen LogP contribution in [0, 0.1) is 0 Å². The zero-order chi connectivity index (χ0) is 13.5. The van der Waals surface area contributed by atoms with E-state index in [0.717, 1.165) is 15.4 Å². The third kappa shape index (κ3) is 2.46. The molecule has 0 fully saturated rings. The summed E-state index contributed by atoms with van der Waals surface area (Å²) in [5.41, 5.74) is 1.03. The summed E-state index contributed by atoms with van der Waals surface area (Å²) >= 11 is 3.21.